The lowest BCUT2D eigenvalue weighted by Crippen LogP contribution is -2.49. The summed E-state index contributed by atoms with van der Waals surface area (Å²) in [5, 5.41) is 12.9. The van der Waals surface area contributed by atoms with E-state index in [0.717, 1.165) is 5.56 Å². The van der Waals surface area contributed by atoms with Crippen molar-refractivity contribution in [1.82, 2.24) is 9.80 Å². The van der Waals surface area contributed by atoms with Gasteiger partial charge in [0.15, 0.2) is 17.3 Å². The molecule has 246 valence electrons. The summed E-state index contributed by atoms with van der Waals surface area (Å²) in [4.78, 5) is 30.9. The lowest BCUT2D eigenvalue weighted by molar-refractivity contribution is -0.117. The van der Waals surface area contributed by atoms with E-state index in [9.17, 15) is 19.1 Å². The summed E-state index contributed by atoms with van der Waals surface area (Å²) >= 11 is 0. The van der Waals surface area contributed by atoms with Gasteiger partial charge in [-0.3, -0.25) is 14.5 Å². The Bertz CT molecular complexity index is 1670. The summed E-state index contributed by atoms with van der Waals surface area (Å²) in [6.45, 7) is 5.07. The average Bonchev–Trinajstić information content (AvgIpc) is 3.08. The van der Waals surface area contributed by atoms with E-state index in [1.165, 1.54) is 6.07 Å². The Kier molecular flexibility index (Phi) is 10.9. The number of para-hydroxylation sites is 2. The number of carbonyl (C=O) groups excluding carboxylic acids is 2. The molecule has 4 atom stereocenters. The third kappa shape index (κ3) is 8.15. The van der Waals surface area contributed by atoms with Gasteiger partial charge in [0.05, 0.1) is 23.9 Å². The molecule has 0 fully saturated rings. The number of rotatable bonds is 11. The molecule has 1 aliphatic rings. The number of ether oxygens (including phenoxy) is 2. The smallest absolute Gasteiger partial charge is 0.258 e. The zero-order chi connectivity index (χ0) is 33.5. The third-order valence-corrected chi connectivity index (χ3v) is 8.32. The Morgan fingerprint density at radius 1 is 1.06 bits per heavy atom. The molecule has 1 aliphatic heterocycles. The van der Waals surface area contributed by atoms with Crippen LogP contribution >= 0.6 is 0 Å². The first-order chi connectivity index (χ1) is 22.6. The van der Waals surface area contributed by atoms with Crippen LogP contribution in [0, 0.1) is 11.7 Å². The van der Waals surface area contributed by atoms with Crippen molar-refractivity contribution in [3.63, 3.8) is 0 Å². The first kappa shape index (κ1) is 33.6. The van der Waals surface area contributed by atoms with Gasteiger partial charge in [-0.2, -0.15) is 0 Å². The minimum Gasteiger partial charge on any atom is -0.486 e. The number of hydrogen-bond donors (Lipinski definition) is 3. The fourth-order valence-electron chi connectivity index (χ4n) is 5.58. The average molecular weight is 641 g/mol. The lowest BCUT2D eigenvalue weighted by Gasteiger charge is -2.38. The van der Waals surface area contributed by atoms with Crippen molar-refractivity contribution in [2.45, 2.75) is 38.6 Å². The van der Waals surface area contributed by atoms with Gasteiger partial charge in [-0.1, -0.05) is 67.6 Å². The van der Waals surface area contributed by atoms with E-state index in [1.54, 1.807) is 72.5 Å². The SMILES string of the molecule is CC(CO)N1C[C@@H](C)[C@@H](CN(C)Cc2ccc(Oc3ccccc3F)cc2)Oc2c(NC(=O)C(N)c3ccccc3)cccc2C1=O. The fraction of sp³-hybridized carbons (Fsp3) is 0.297. The van der Waals surface area contributed by atoms with Crippen molar-refractivity contribution in [2.24, 2.45) is 11.7 Å². The van der Waals surface area contributed by atoms with E-state index in [2.05, 4.69) is 10.2 Å². The highest BCUT2D eigenvalue weighted by molar-refractivity contribution is 6.02. The van der Waals surface area contributed by atoms with Crippen molar-refractivity contribution < 1.29 is 28.6 Å². The number of nitrogens with two attached hydrogens (primary N) is 1. The maximum Gasteiger partial charge on any atom is 0.258 e. The molecule has 10 heteroatoms. The zero-order valence-corrected chi connectivity index (χ0v) is 26.8. The summed E-state index contributed by atoms with van der Waals surface area (Å²) in [7, 11) is 1.98. The van der Waals surface area contributed by atoms with Crippen molar-refractivity contribution >= 4 is 17.5 Å². The van der Waals surface area contributed by atoms with Gasteiger partial charge in [-0.15, -0.1) is 0 Å². The number of nitrogens with zero attached hydrogens (tertiary/aromatic N) is 2. The number of anilines is 1. The molecule has 4 aromatic carbocycles. The molecule has 0 aromatic heterocycles. The fourth-order valence-corrected chi connectivity index (χ4v) is 5.58. The normalized spacial score (nSPS) is 17.6. The van der Waals surface area contributed by atoms with Crippen molar-refractivity contribution in [1.29, 1.82) is 0 Å². The van der Waals surface area contributed by atoms with Crippen LogP contribution in [0.4, 0.5) is 10.1 Å². The Hall–Kier alpha value is -4.77. The molecule has 47 heavy (non-hydrogen) atoms. The van der Waals surface area contributed by atoms with Crippen LogP contribution in [0.25, 0.3) is 0 Å². The molecule has 9 nitrogen and oxygen atoms in total. The van der Waals surface area contributed by atoms with Gasteiger partial charge in [-0.05, 0) is 61.5 Å². The highest BCUT2D eigenvalue weighted by Gasteiger charge is 2.35. The molecule has 0 saturated carbocycles. The van der Waals surface area contributed by atoms with E-state index in [0.29, 0.717) is 42.2 Å². The minimum atomic E-state index is -0.924. The number of hydrogen-bond acceptors (Lipinski definition) is 7. The molecular weight excluding hydrogens is 599 g/mol. The van der Waals surface area contributed by atoms with Crippen LogP contribution < -0.4 is 20.5 Å². The van der Waals surface area contributed by atoms with Crippen molar-refractivity contribution in [2.75, 3.05) is 32.1 Å². The van der Waals surface area contributed by atoms with Gasteiger partial charge < -0.3 is 30.5 Å². The molecule has 1 heterocycles. The number of aliphatic hydroxyl groups excluding tert-OH is 1. The monoisotopic (exact) mass is 640 g/mol. The molecule has 0 bridgehead atoms. The van der Waals surface area contributed by atoms with Gasteiger partial charge in [-0.25, -0.2) is 4.39 Å². The topological polar surface area (TPSA) is 117 Å². The molecule has 2 unspecified atom stereocenters. The summed E-state index contributed by atoms with van der Waals surface area (Å²) in [6, 6.07) is 26.5. The molecule has 4 N–H and O–H groups in total. The number of nitrogens with one attached hydrogen (secondary N) is 1. The zero-order valence-electron chi connectivity index (χ0n) is 26.8. The Morgan fingerprint density at radius 3 is 2.47 bits per heavy atom. The van der Waals surface area contributed by atoms with E-state index >= 15 is 0 Å². The van der Waals surface area contributed by atoms with Crippen LogP contribution in [0.2, 0.25) is 0 Å². The minimum absolute atomic E-state index is 0.129. The number of aliphatic hydroxyl groups is 1. The molecular formula is C37H41FN4O5. The van der Waals surface area contributed by atoms with Crippen LogP contribution in [0.1, 0.15) is 41.4 Å². The number of halogens is 1. The third-order valence-electron chi connectivity index (χ3n) is 8.32. The number of benzene rings is 4. The van der Waals surface area contributed by atoms with Gasteiger partial charge in [0.25, 0.3) is 5.91 Å². The predicted molar refractivity (Wildman–Crippen MR) is 179 cm³/mol. The van der Waals surface area contributed by atoms with Gasteiger partial charge in [0, 0.05) is 25.6 Å². The van der Waals surface area contributed by atoms with E-state index in [4.69, 9.17) is 15.2 Å². The molecule has 0 radical (unpaired) electrons. The Labute approximate surface area is 274 Å². The van der Waals surface area contributed by atoms with Crippen LogP contribution in [0.5, 0.6) is 17.2 Å². The maximum absolute atomic E-state index is 14.0. The van der Waals surface area contributed by atoms with E-state index < -0.39 is 23.8 Å². The van der Waals surface area contributed by atoms with Crippen molar-refractivity contribution in [3.8, 4) is 17.2 Å². The quantitative estimate of drug-likeness (QED) is 0.195. The standard InChI is InChI=1S/C37H41FN4O5/c1-24-20-42(25(2)23-43)37(45)29-12-9-14-31(40-36(44)34(39)27-10-5-4-6-11-27)35(29)47-33(24)22-41(3)21-26-16-18-28(19-17-26)46-32-15-8-7-13-30(32)38/h4-19,24-25,33-34,43H,20-23,39H2,1-3H3,(H,40,44)/t24-,25?,33-,34?/m1/s1. The molecule has 5 rings (SSSR count). The van der Waals surface area contributed by atoms with Crippen LogP contribution in [-0.4, -0.2) is 65.6 Å². The first-order valence-corrected chi connectivity index (χ1v) is 15.7. The Morgan fingerprint density at radius 2 is 1.77 bits per heavy atom. The second-order valence-electron chi connectivity index (χ2n) is 12.1. The highest BCUT2D eigenvalue weighted by atomic mass is 19.1. The molecule has 0 saturated heterocycles. The summed E-state index contributed by atoms with van der Waals surface area (Å²) in [5.74, 6) is -0.334. The predicted octanol–water partition coefficient (Wildman–Crippen LogP) is 5.61. The molecule has 0 spiro atoms. The van der Waals surface area contributed by atoms with Crippen LogP contribution in [0.3, 0.4) is 0 Å². The van der Waals surface area contributed by atoms with Gasteiger partial charge in [0.2, 0.25) is 5.91 Å². The largest absolute Gasteiger partial charge is 0.486 e. The van der Waals surface area contributed by atoms with Crippen LogP contribution in [-0.2, 0) is 11.3 Å². The highest BCUT2D eigenvalue weighted by Crippen LogP contribution is 2.35. The van der Waals surface area contributed by atoms with Gasteiger partial charge >= 0.3 is 0 Å². The summed E-state index contributed by atoms with van der Waals surface area (Å²) < 4.78 is 26.4. The van der Waals surface area contributed by atoms with E-state index in [1.807, 2.05) is 44.3 Å². The summed E-state index contributed by atoms with van der Waals surface area (Å²) in [6.07, 6.45) is -0.384. The molecule has 4 aromatic rings. The summed E-state index contributed by atoms with van der Waals surface area (Å²) in [5.41, 5.74) is 8.59. The lowest BCUT2D eigenvalue weighted by atomic mass is 9.98. The number of likely N-dealkylation sites (N-methyl/N-ethyl adjacent to an activating group) is 1. The number of carbonyl (C=O) groups is 2. The number of amides is 2. The van der Waals surface area contributed by atoms with Crippen molar-refractivity contribution in [3.05, 3.63) is 120 Å². The first-order valence-electron chi connectivity index (χ1n) is 15.7. The van der Waals surface area contributed by atoms with Crippen LogP contribution in [0.15, 0.2) is 97.1 Å². The Balaban J connectivity index is 1.36. The molecule has 0 aliphatic carbocycles. The van der Waals surface area contributed by atoms with Gasteiger partial charge in [0.1, 0.15) is 17.9 Å². The van der Waals surface area contributed by atoms with E-state index in [-0.39, 0.29) is 36.0 Å². The molecule has 2 amide bonds. The second-order valence-corrected chi connectivity index (χ2v) is 12.1. The number of fused-ring (bicyclic) bond motifs is 1. The second kappa shape index (κ2) is 15.2. The maximum atomic E-state index is 14.0.